The molecule has 0 aliphatic carbocycles. The lowest BCUT2D eigenvalue weighted by Crippen LogP contribution is -2.10. The number of nitrogen functional groups attached to an aromatic ring is 1. The van der Waals surface area contributed by atoms with Gasteiger partial charge in [0, 0.05) is 17.7 Å². The minimum Gasteiger partial charge on any atom is -0.384 e. The van der Waals surface area contributed by atoms with E-state index in [1.54, 1.807) is 0 Å². The zero-order valence-electron chi connectivity index (χ0n) is 7.21. The second kappa shape index (κ2) is 4.10. The van der Waals surface area contributed by atoms with Crippen LogP contribution in [0, 0.1) is 0 Å². The Morgan fingerprint density at radius 3 is 2.64 bits per heavy atom. The van der Waals surface area contributed by atoms with Crippen molar-refractivity contribution in [3.63, 3.8) is 0 Å². The van der Waals surface area contributed by atoms with E-state index >= 15 is 0 Å². The number of hydrogen-bond donors (Lipinski definition) is 2. The number of aldehydes is 1. The van der Waals surface area contributed by atoms with Gasteiger partial charge in [0.15, 0.2) is 6.29 Å². The molecule has 14 heavy (non-hydrogen) atoms. The molecule has 1 rings (SSSR count). The van der Waals surface area contributed by atoms with Gasteiger partial charge >= 0.3 is 0 Å². The van der Waals surface area contributed by atoms with Gasteiger partial charge in [0.05, 0.1) is 0 Å². The molecule has 0 amide bonds. The summed E-state index contributed by atoms with van der Waals surface area (Å²) in [6.45, 7) is -0.166. The Hall–Kier alpha value is -1.56. The largest absolute Gasteiger partial charge is 0.384 e. The van der Waals surface area contributed by atoms with Crippen molar-refractivity contribution < 1.29 is 13.6 Å². The minimum atomic E-state index is -2.71. The van der Waals surface area contributed by atoms with E-state index in [-0.39, 0.29) is 29.2 Å². The molecule has 1 aromatic rings. The maximum absolute atomic E-state index is 12.5. The van der Waals surface area contributed by atoms with Crippen LogP contribution in [-0.2, 0) is 6.54 Å². The average Bonchev–Trinajstić information content (AvgIpc) is 2.16. The molecule has 0 aromatic carbocycles. The van der Waals surface area contributed by atoms with Crippen molar-refractivity contribution in [3.8, 4) is 0 Å². The minimum absolute atomic E-state index is 0.0456. The molecular weight excluding hydrogens is 192 g/mol. The monoisotopic (exact) mass is 201 g/mol. The summed E-state index contributed by atoms with van der Waals surface area (Å²) in [4.78, 5) is 14.1. The normalized spacial score (nSPS) is 10.6. The third-order valence-electron chi connectivity index (χ3n) is 1.76. The second-order valence-corrected chi connectivity index (χ2v) is 2.62. The third-order valence-corrected chi connectivity index (χ3v) is 1.76. The number of nitrogens with zero attached hydrogens (tertiary/aromatic N) is 1. The summed E-state index contributed by atoms with van der Waals surface area (Å²) in [5.74, 6) is -0.111. The van der Waals surface area contributed by atoms with Gasteiger partial charge in [-0.05, 0) is 6.07 Å². The fraction of sp³-hybridized carbons (Fsp3) is 0.250. The number of carbonyl (C=O) groups is 1. The number of halogens is 2. The van der Waals surface area contributed by atoms with Gasteiger partial charge in [-0.3, -0.25) is 4.79 Å². The zero-order chi connectivity index (χ0) is 10.7. The lowest BCUT2D eigenvalue weighted by atomic mass is 10.1. The number of nitrogens with two attached hydrogens (primary N) is 2. The Bertz CT molecular complexity index is 355. The van der Waals surface area contributed by atoms with E-state index < -0.39 is 6.43 Å². The molecule has 0 aliphatic rings. The maximum atomic E-state index is 12.5. The van der Waals surface area contributed by atoms with Crippen LogP contribution in [0.15, 0.2) is 6.07 Å². The van der Waals surface area contributed by atoms with Crippen molar-refractivity contribution in [2.45, 2.75) is 13.0 Å². The zero-order valence-corrected chi connectivity index (χ0v) is 7.21. The molecule has 6 heteroatoms. The maximum Gasteiger partial charge on any atom is 0.264 e. The van der Waals surface area contributed by atoms with E-state index in [1.165, 1.54) is 0 Å². The molecule has 1 heterocycles. The van der Waals surface area contributed by atoms with Crippen LogP contribution < -0.4 is 11.5 Å². The van der Waals surface area contributed by atoms with Crippen molar-refractivity contribution >= 4 is 12.1 Å². The number of alkyl halides is 2. The van der Waals surface area contributed by atoms with Crippen LogP contribution in [0.25, 0.3) is 0 Å². The molecule has 4 nitrogen and oxygen atoms in total. The molecule has 0 saturated heterocycles. The Morgan fingerprint density at radius 2 is 2.21 bits per heavy atom. The first-order chi connectivity index (χ1) is 6.60. The van der Waals surface area contributed by atoms with Gasteiger partial charge < -0.3 is 11.5 Å². The van der Waals surface area contributed by atoms with Gasteiger partial charge in [-0.1, -0.05) is 0 Å². The summed E-state index contributed by atoms with van der Waals surface area (Å²) in [5.41, 5.74) is 10.1. The molecule has 0 saturated carbocycles. The lowest BCUT2D eigenvalue weighted by molar-refractivity contribution is 0.111. The molecule has 0 unspecified atom stereocenters. The number of pyridine rings is 1. The molecule has 0 atom stereocenters. The van der Waals surface area contributed by atoms with Gasteiger partial charge in [-0.25, -0.2) is 13.8 Å². The van der Waals surface area contributed by atoms with E-state index in [9.17, 15) is 13.6 Å². The highest BCUT2D eigenvalue weighted by atomic mass is 19.3. The molecule has 4 N–H and O–H groups in total. The fourth-order valence-electron chi connectivity index (χ4n) is 1.15. The van der Waals surface area contributed by atoms with Crippen LogP contribution in [0.2, 0.25) is 0 Å². The van der Waals surface area contributed by atoms with Crippen LogP contribution in [0.3, 0.4) is 0 Å². The van der Waals surface area contributed by atoms with Crippen molar-refractivity contribution in [1.82, 2.24) is 4.98 Å². The molecule has 0 fully saturated rings. The van der Waals surface area contributed by atoms with Crippen molar-refractivity contribution in [3.05, 3.63) is 22.9 Å². The summed E-state index contributed by atoms with van der Waals surface area (Å²) in [6, 6.07) is 1.03. The van der Waals surface area contributed by atoms with Crippen molar-refractivity contribution in [2.24, 2.45) is 5.73 Å². The SMILES string of the molecule is NCc1c(C(F)F)cc(N)nc1C=O. The first kappa shape index (κ1) is 10.5. The molecular formula is C8H9F2N3O. The standard InChI is InChI=1S/C8H9F2N3O/c9-8(10)4-1-7(12)13-6(3-14)5(4)2-11/h1,3,8H,2,11H2,(H2,12,13). The fourth-order valence-corrected chi connectivity index (χ4v) is 1.15. The van der Waals surface area contributed by atoms with Crippen LogP contribution in [0.4, 0.5) is 14.6 Å². The molecule has 0 bridgehead atoms. The van der Waals surface area contributed by atoms with E-state index in [4.69, 9.17) is 11.5 Å². The molecule has 1 aromatic heterocycles. The van der Waals surface area contributed by atoms with Gasteiger partial charge in [-0.15, -0.1) is 0 Å². The van der Waals surface area contributed by atoms with E-state index in [2.05, 4.69) is 4.98 Å². The molecule has 76 valence electrons. The quantitative estimate of drug-likeness (QED) is 0.711. The number of rotatable bonds is 3. The van der Waals surface area contributed by atoms with E-state index in [0.717, 1.165) is 6.07 Å². The van der Waals surface area contributed by atoms with Crippen LogP contribution in [-0.4, -0.2) is 11.3 Å². The van der Waals surface area contributed by atoms with Crippen LogP contribution >= 0.6 is 0 Å². The van der Waals surface area contributed by atoms with E-state index in [1.807, 2.05) is 0 Å². The summed E-state index contributed by atoms with van der Waals surface area (Å²) in [5, 5.41) is 0. The van der Waals surface area contributed by atoms with Gasteiger partial charge in [0.2, 0.25) is 0 Å². The summed E-state index contributed by atoms with van der Waals surface area (Å²) >= 11 is 0. The Balaban J connectivity index is 3.39. The van der Waals surface area contributed by atoms with Gasteiger partial charge in [-0.2, -0.15) is 0 Å². The molecule has 0 aliphatic heterocycles. The van der Waals surface area contributed by atoms with Crippen molar-refractivity contribution in [1.29, 1.82) is 0 Å². The highest BCUT2D eigenvalue weighted by Crippen LogP contribution is 2.25. The van der Waals surface area contributed by atoms with Gasteiger partial charge in [0.25, 0.3) is 6.43 Å². The van der Waals surface area contributed by atoms with Crippen molar-refractivity contribution in [2.75, 3.05) is 5.73 Å². The van der Waals surface area contributed by atoms with Crippen LogP contribution in [0.5, 0.6) is 0 Å². The topological polar surface area (TPSA) is 82.0 Å². The van der Waals surface area contributed by atoms with Crippen LogP contribution in [0.1, 0.15) is 28.0 Å². The Morgan fingerprint density at radius 1 is 1.57 bits per heavy atom. The number of hydrogen-bond acceptors (Lipinski definition) is 4. The predicted molar refractivity (Wildman–Crippen MR) is 46.9 cm³/mol. The average molecular weight is 201 g/mol. The smallest absolute Gasteiger partial charge is 0.264 e. The lowest BCUT2D eigenvalue weighted by Gasteiger charge is -2.09. The number of anilines is 1. The van der Waals surface area contributed by atoms with Gasteiger partial charge in [0.1, 0.15) is 11.5 Å². The number of carbonyl (C=O) groups excluding carboxylic acids is 1. The Kier molecular flexibility index (Phi) is 3.08. The first-order valence-corrected chi connectivity index (χ1v) is 3.82. The summed E-state index contributed by atoms with van der Waals surface area (Å²) < 4.78 is 24.9. The van der Waals surface area contributed by atoms with E-state index in [0.29, 0.717) is 6.29 Å². The predicted octanol–water partition coefficient (Wildman–Crippen LogP) is 0.873. The first-order valence-electron chi connectivity index (χ1n) is 3.82. The molecule has 0 radical (unpaired) electrons. The Labute approximate surface area is 78.9 Å². The second-order valence-electron chi connectivity index (χ2n) is 2.62. The third kappa shape index (κ3) is 1.85. The summed E-state index contributed by atoms with van der Waals surface area (Å²) in [6.07, 6.45) is -2.35. The highest BCUT2D eigenvalue weighted by Gasteiger charge is 2.17. The highest BCUT2D eigenvalue weighted by molar-refractivity contribution is 5.76. The summed E-state index contributed by atoms with van der Waals surface area (Å²) in [7, 11) is 0. The number of aromatic nitrogens is 1. The molecule has 0 spiro atoms.